The van der Waals surface area contributed by atoms with Crippen LogP contribution in [0.2, 0.25) is 0 Å². The Bertz CT molecular complexity index is 312. The van der Waals surface area contributed by atoms with Crippen LogP contribution in [0.5, 0.6) is 5.75 Å². The number of anilines is 1. The van der Waals surface area contributed by atoms with E-state index in [0.717, 1.165) is 18.7 Å². The van der Waals surface area contributed by atoms with Crippen molar-refractivity contribution in [2.45, 2.75) is 19.7 Å². The summed E-state index contributed by atoms with van der Waals surface area (Å²) in [4.78, 5) is 0. The van der Waals surface area contributed by atoms with Gasteiger partial charge >= 0.3 is 0 Å². The van der Waals surface area contributed by atoms with E-state index in [1.54, 1.807) is 6.07 Å². The molecule has 0 aliphatic carbocycles. The minimum atomic E-state index is -1.26. The molecule has 1 aromatic rings. The van der Waals surface area contributed by atoms with Gasteiger partial charge in [0.05, 0.1) is 5.69 Å². The minimum Gasteiger partial charge on any atom is -0.459 e. The number of rotatable bonds is 2. The predicted molar refractivity (Wildman–Crippen MR) is 49.8 cm³/mol. The van der Waals surface area contributed by atoms with Gasteiger partial charge in [0.1, 0.15) is 5.75 Å². The molecular weight excluding hydrogens is 169 g/mol. The predicted octanol–water partition coefficient (Wildman–Crippen LogP) is 2.35. The lowest BCUT2D eigenvalue weighted by Gasteiger charge is -2.11. The maximum absolute atomic E-state index is 12.6. The van der Waals surface area contributed by atoms with Gasteiger partial charge in [-0.05, 0) is 18.1 Å². The molecule has 2 nitrogen and oxygen atoms in total. The van der Waals surface area contributed by atoms with E-state index in [9.17, 15) is 4.39 Å². The van der Waals surface area contributed by atoms with Crippen LogP contribution in [-0.4, -0.2) is 12.9 Å². The average Bonchev–Trinajstić information content (AvgIpc) is 2.51. The van der Waals surface area contributed by atoms with Crippen LogP contribution in [0.4, 0.5) is 10.1 Å². The lowest BCUT2D eigenvalue weighted by molar-refractivity contribution is 0.0868. The molecule has 1 atom stereocenters. The van der Waals surface area contributed by atoms with Crippen molar-refractivity contribution in [3.8, 4) is 5.75 Å². The Labute approximate surface area is 76.7 Å². The fraction of sp³-hybridized carbons (Fsp3) is 0.400. The van der Waals surface area contributed by atoms with Crippen LogP contribution in [0.1, 0.15) is 12.5 Å². The summed E-state index contributed by atoms with van der Waals surface area (Å²) in [5.41, 5.74) is 2.16. The zero-order valence-electron chi connectivity index (χ0n) is 7.51. The van der Waals surface area contributed by atoms with Gasteiger partial charge in [0, 0.05) is 13.5 Å². The molecule has 0 spiro atoms. The largest absolute Gasteiger partial charge is 0.459 e. The van der Waals surface area contributed by atoms with E-state index in [0.29, 0.717) is 5.75 Å². The third-order valence-corrected chi connectivity index (χ3v) is 2.10. The van der Waals surface area contributed by atoms with Gasteiger partial charge in [0.15, 0.2) is 0 Å². The summed E-state index contributed by atoms with van der Waals surface area (Å²) in [6, 6.07) is 5.71. The van der Waals surface area contributed by atoms with Crippen LogP contribution in [0.15, 0.2) is 18.2 Å². The molecule has 1 unspecified atom stereocenters. The molecule has 1 aliphatic heterocycles. The quantitative estimate of drug-likeness (QED) is 0.756. The number of benzene rings is 1. The second-order valence-corrected chi connectivity index (χ2v) is 3.13. The molecule has 3 heteroatoms. The first kappa shape index (κ1) is 8.35. The Balaban J connectivity index is 2.30. The molecule has 0 fully saturated rings. The van der Waals surface area contributed by atoms with E-state index in [1.165, 1.54) is 12.5 Å². The number of hydrogen-bond donors (Lipinski definition) is 1. The monoisotopic (exact) mass is 181 g/mol. The first-order chi connectivity index (χ1) is 6.27. The van der Waals surface area contributed by atoms with Gasteiger partial charge in [-0.25, -0.2) is 4.39 Å². The fourth-order valence-electron chi connectivity index (χ4n) is 1.58. The van der Waals surface area contributed by atoms with Crippen LogP contribution < -0.4 is 10.1 Å². The third kappa shape index (κ3) is 1.59. The van der Waals surface area contributed by atoms with Gasteiger partial charge in [0.2, 0.25) is 6.36 Å². The van der Waals surface area contributed by atoms with Gasteiger partial charge in [-0.15, -0.1) is 0 Å². The van der Waals surface area contributed by atoms with E-state index in [4.69, 9.17) is 4.74 Å². The van der Waals surface area contributed by atoms with E-state index in [1.807, 2.05) is 12.1 Å². The van der Waals surface area contributed by atoms with Crippen LogP contribution >= 0.6 is 0 Å². The SMILES string of the molecule is CC(F)Oc1cccc2c1NCC2. The highest BCUT2D eigenvalue weighted by Crippen LogP contribution is 2.33. The van der Waals surface area contributed by atoms with Gasteiger partial charge in [-0.1, -0.05) is 12.1 Å². The molecule has 0 radical (unpaired) electrons. The summed E-state index contributed by atoms with van der Waals surface area (Å²) in [5.74, 6) is 0.616. The topological polar surface area (TPSA) is 21.3 Å². The average molecular weight is 181 g/mol. The number of halogens is 1. The highest BCUT2D eigenvalue weighted by molar-refractivity contribution is 5.65. The molecule has 13 heavy (non-hydrogen) atoms. The van der Waals surface area contributed by atoms with Crippen molar-refractivity contribution in [2.24, 2.45) is 0 Å². The lowest BCUT2D eigenvalue weighted by atomic mass is 10.1. The molecular formula is C10H12FNO. The maximum atomic E-state index is 12.6. The van der Waals surface area contributed by atoms with E-state index >= 15 is 0 Å². The van der Waals surface area contributed by atoms with Gasteiger partial charge in [0.25, 0.3) is 0 Å². The Kier molecular flexibility index (Phi) is 2.08. The first-order valence-electron chi connectivity index (χ1n) is 4.44. The maximum Gasteiger partial charge on any atom is 0.235 e. The number of fused-ring (bicyclic) bond motifs is 1. The molecule has 0 saturated carbocycles. The summed E-state index contributed by atoms with van der Waals surface area (Å²) in [5, 5.41) is 3.18. The Morgan fingerprint density at radius 2 is 2.38 bits per heavy atom. The second-order valence-electron chi connectivity index (χ2n) is 3.13. The molecule has 0 amide bonds. The number of alkyl halides is 1. The molecule has 0 saturated heterocycles. The Morgan fingerprint density at radius 1 is 1.54 bits per heavy atom. The molecule has 1 aliphatic rings. The normalized spacial score (nSPS) is 16.2. The highest BCUT2D eigenvalue weighted by atomic mass is 19.1. The molecule has 70 valence electrons. The first-order valence-corrected chi connectivity index (χ1v) is 4.44. The summed E-state index contributed by atoms with van der Waals surface area (Å²) >= 11 is 0. The Hall–Kier alpha value is -1.25. The number of ether oxygens (including phenoxy) is 1. The summed E-state index contributed by atoms with van der Waals surface area (Å²) in [6.45, 7) is 2.30. The summed E-state index contributed by atoms with van der Waals surface area (Å²) in [6.07, 6.45) is -0.262. The van der Waals surface area contributed by atoms with Crippen molar-refractivity contribution in [1.82, 2.24) is 0 Å². The molecule has 1 aromatic carbocycles. The molecule has 1 N–H and O–H groups in total. The minimum absolute atomic E-state index is 0.616. The fourth-order valence-corrected chi connectivity index (χ4v) is 1.58. The van der Waals surface area contributed by atoms with Crippen molar-refractivity contribution in [1.29, 1.82) is 0 Å². The van der Waals surface area contributed by atoms with Crippen molar-refractivity contribution in [3.63, 3.8) is 0 Å². The number of hydrogen-bond acceptors (Lipinski definition) is 2. The molecule has 0 aromatic heterocycles. The van der Waals surface area contributed by atoms with Crippen LogP contribution in [0.25, 0.3) is 0 Å². The zero-order valence-corrected chi connectivity index (χ0v) is 7.51. The van der Waals surface area contributed by atoms with Crippen LogP contribution in [0, 0.1) is 0 Å². The molecule has 2 rings (SSSR count). The lowest BCUT2D eigenvalue weighted by Crippen LogP contribution is -2.05. The molecule has 1 heterocycles. The van der Waals surface area contributed by atoms with Gasteiger partial charge in [-0.2, -0.15) is 0 Å². The van der Waals surface area contributed by atoms with Gasteiger partial charge < -0.3 is 10.1 Å². The van der Waals surface area contributed by atoms with Crippen molar-refractivity contribution < 1.29 is 9.13 Å². The van der Waals surface area contributed by atoms with Crippen molar-refractivity contribution in [3.05, 3.63) is 23.8 Å². The third-order valence-electron chi connectivity index (χ3n) is 2.10. The van der Waals surface area contributed by atoms with Gasteiger partial charge in [-0.3, -0.25) is 0 Å². The highest BCUT2D eigenvalue weighted by Gasteiger charge is 2.15. The van der Waals surface area contributed by atoms with Crippen LogP contribution in [-0.2, 0) is 6.42 Å². The molecule has 0 bridgehead atoms. The second kappa shape index (κ2) is 3.24. The number of para-hydroxylation sites is 1. The van der Waals surface area contributed by atoms with E-state index in [-0.39, 0.29) is 0 Å². The van der Waals surface area contributed by atoms with Crippen molar-refractivity contribution in [2.75, 3.05) is 11.9 Å². The van der Waals surface area contributed by atoms with E-state index in [2.05, 4.69) is 5.32 Å². The standard InChI is InChI=1S/C10H12FNO/c1-7(11)13-9-4-2-3-8-5-6-12-10(8)9/h2-4,7,12H,5-6H2,1H3. The van der Waals surface area contributed by atoms with E-state index < -0.39 is 6.36 Å². The Morgan fingerprint density at radius 3 is 3.15 bits per heavy atom. The summed E-state index contributed by atoms with van der Waals surface area (Å²) in [7, 11) is 0. The number of nitrogens with one attached hydrogen (secondary N) is 1. The summed E-state index contributed by atoms with van der Waals surface area (Å²) < 4.78 is 17.6. The van der Waals surface area contributed by atoms with Crippen LogP contribution in [0.3, 0.4) is 0 Å². The smallest absolute Gasteiger partial charge is 0.235 e. The van der Waals surface area contributed by atoms with Crippen molar-refractivity contribution >= 4 is 5.69 Å². The zero-order chi connectivity index (χ0) is 9.26.